The van der Waals surface area contributed by atoms with Gasteiger partial charge in [0, 0.05) is 0 Å². The van der Waals surface area contributed by atoms with Crippen molar-refractivity contribution in [3.8, 4) is 0 Å². The van der Waals surface area contributed by atoms with Gasteiger partial charge >= 0.3 is 0 Å². The monoisotopic (exact) mass is 392 g/mol. The summed E-state index contributed by atoms with van der Waals surface area (Å²) in [5.41, 5.74) is 16.2. The molecular formula is C31H20. The van der Waals surface area contributed by atoms with Gasteiger partial charge in [0.25, 0.3) is 0 Å². The van der Waals surface area contributed by atoms with Gasteiger partial charge in [-0.05, 0) is 79.3 Å². The molecule has 0 bridgehead atoms. The first-order valence-corrected chi connectivity index (χ1v) is 10.9. The Morgan fingerprint density at radius 3 is 1.65 bits per heavy atom. The second kappa shape index (κ2) is 6.30. The topological polar surface area (TPSA) is 0 Å². The smallest absolute Gasteiger partial charge is 0.000763 e. The molecule has 0 unspecified atom stereocenters. The van der Waals surface area contributed by atoms with Crippen LogP contribution >= 0.6 is 0 Å². The van der Waals surface area contributed by atoms with E-state index in [0.717, 1.165) is 6.42 Å². The second-order valence-electron chi connectivity index (χ2n) is 8.48. The van der Waals surface area contributed by atoms with E-state index in [4.69, 9.17) is 0 Å². The molecule has 0 heterocycles. The second-order valence-corrected chi connectivity index (χ2v) is 8.48. The quantitative estimate of drug-likeness (QED) is 0.331. The molecule has 3 aliphatic rings. The number of hydrogen-bond acceptors (Lipinski definition) is 0. The van der Waals surface area contributed by atoms with E-state index >= 15 is 0 Å². The maximum absolute atomic E-state index is 2.38. The lowest BCUT2D eigenvalue weighted by molar-refractivity contribution is 1.31. The van der Waals surface area contributed by atoms with Crippen molar-refractivity contribution < 1.29 is 0 Å². The minimum atomic E-state index is 1.05. The van der Waals surface area contributed by atoms with Gasteiger partial charge in [0.15, 0.2) is 0 Å². The fourth-order valence-corrected chi connectivity index (χ4v) is 5.51. The molecule has 0 spiro atoms. The number of allylic oxidation sites excluding steroid dienone is 3. The first kappa shape index (κ1) is 16.8. The third-order valence-corrected chi connectivity index (χ3v) is 6.81. The van der Waals surface area contributed by atoms with Crippen LogP contribution in [0.3, 0.4) is 0 Å². The van der Waals surface area contributed by atoms with E-state index in [-0.39, 0.29) is 0 Å². The van der Waals surface area contributed by atoms with Crippen LogP contribution in [-0.2, 0) is 6.42 Å². The molecule has 0 saturated heterocycles. The summed E-state index contributed by atoms with van der Waals surface area (Å²) < 4.78 is 0. The number of fused-ring (bicyclic) bond motifs is 6. The molecular weight excluding hydrogens is 372 g/mol. The van der Waals surface area contributed by atoms with Gasteiger partial charge in [-0.2, -0.15) is 0 Å². The van der Waals surface area contributed by atoms with Crippen molar-refractivity contribution in [3.63, 3.8) is 0 Å². The number of hydrogen-bond donors (Lipinski definition) is 0. The Morgan fingerprint density at radius 2 is 1.00 bits per heavy atom. The van der Waals surface area contributed by atoms with E-state index < -0.39 is 0 Å². The summed E-state index contributed by atoms with van der Waals surface area (Å²) >= 11 is 0. The summed E-state index contributed by atoms with van der Waals surface area (Å²) in [5, 5.41) is 0. The normalized spacial score (nSPS) is 15.2. The molecule has 0 amide bonds. The Kier molecular flexibility index (Phi) is 3.42. The fraction of sp³-hybridized carbons (Fsp3) is 0.0323. The zero-order valence-corrected chi connectivity index (χ0v) is 17.1. The minimum Gasteiger partial charge on any atom is -0.0795 e. The van der Waals surface area contributed by atoms with Gasteiger partial charge in [0.1, 0.15) is 0 Å². The molecule has 0 aliphatic heterocycles. The highest BCUT2D eigenvalue weighted by Gasteiger charge is 2.37. The molecule has 4 aromatic carbocycles. The Labute approximate surface area is 182 Å². The molecule has 144 valence electrons. The molecule has 4 aromatic rings. The van der Waals surface area contributed by atoms with Gasteiger partial charge in [-0.1, -0.05) is 103 Å². The zero-order chi connectivity index (χ0) is 20.4. The summed E-state index contributed by atoms with van der Waals surface area (Å²) in [6.07, 6.45) is 5.57. The van der Waals surface area contributed by atoms with Crippen LogP contribution in [0.2, 0.25) is 0 Å². The molecule has 31 heavy (non-hydrogen) atoms. The van der Waals surface area contributed by atoms with E-state index in [2.05, 4.69) is 109 Å². The zero-order valence-electron chi connectivity index (χ0n) is 17.1. The van der Waals surface area contributed by atoms with Crippen molar-refractivity contribution in [3.05, 3.63) is 148 Å². The van der Waals surface area contributed by atoms with Gasteiger partial charge in [0.05, 0.1) is 0 Å². The average Bonchev–Trinajstić information content (AvgIpc) is 3.51. The van der Waals surface area contributed by atoms with Gasteiger partial charge in [-0.3, -0.25) is 0 Å². The van der Waals surface area contributed by atoms with E-state index in [1.165, 1.54) is 66.8 Å². The Morgan fingerprint density at radius 1 is 0.452 bits per heavy atom. The molecule has 3 aliphatic carbocycles. The highest BCUT2D eigenvalue weighted by Crippen LogP contribution is 2.58. The van der Waals surface area contributed by atoms with E-state index in [0.29, 0.717) is 0 Å². The summed E-state index contributed by atoms with van der Waals surface area (Å²) in [6, 6.07) is 35.7. The lowest BCUT2D eigenvalue weighted by Crippen LogP contribution is -1.93. The summed E-state index contributed by atoms with van der Waals surface area (Å²) in [6.45, 7) is 0. The van der Waals surface area contributed by atoms with Crippen molar-refractivity contribution in [2.75, 3.05) is 0 Å². The first-order chi connectivity index (χ1) is 15.4. The van der Waals surface area contributed by atoms with Crippen molar-refractivity contribution in [1.29, 1.82) is 0 Å². The van der Waals surface area contributed by atoms with E-state index in [9.17, 15) is 0 Å². The van der Waals surface area contributed by atoms with Crippen molar-refractivity contribution in [1.82, 2.24) is 0 Å². The van der Waals surface area contributed by atoms with Crippen LogP contribution in [0.15, 0.2) is 103 Å². The number of rotatable bonds is 2. The lowest BCUT2D eigenvalue weighted by atomic mass is 9.91. The maximum atomic E-state index is 2.38. The van der Waals surface area contributed by atoms with E-state index in [1.807, 2.05) is 0 Å². The van der Waals surface area contributed by atoms with Crippen LogP contribution in [0, 0.1) is 0 Å². The summed E-state index contributed by atoms with van der Waals surface area (Å²) in [5.74, 6) is 0. The van der Waals surface area contributed by atoms with Crippen LogP contribution in [0.25, 0.3) is 28.4 Å². The molecule has 0 saturated carbocycles. The van der Waals surface area contributed by atoms with E-state index in [1.54, 1.807) is 0 Å². The largest absolute Gasteiger partial charge is 0.0795 e. The third kappa shape index (κ3) is 2.30. The van der Waals surface area contributed by atoms with Crippen LogP contribution < -0.4 is 0 Å². The van der Waals surface area contributed by atoms with Crippen LogP contribution in [0.1, 0.15) is 44.5 Å². The predicted octanol–water partition coefficient (Wildman–Crippen LogP) is 7.50. The van der Waals surface area contributed by atoms with Crippen molar-refractivity contribution in [2.45, 2.75) is 6.42 Å². The fourth-order valence-electron chi connectivity index (χ4n) is 5.51. The third-order valence-electron chi connectivity index (χ3n) is 6.81. The molecule has 7 rings (SSSR count). The van der Waals surface area contributed by atoms with Crippen molar-refractivity contribution in [2.24, 2.45) is 0 Å². The average molecular weight is 393 g/mol. The maximum Gasteiger partial charge on any atom is -0.000763 e. The van der Waals surface area contributed by atoms with Gasteiger partial charge in [-0.25, -0.2) is 0 Å². The van der Waals surface area contributed by atoms with Gasteiger partial charge < -0.3 is 0 Å². The van der Waals surface area contributed by atoms with Crippen LogP contribution in [-0.4, -0.2) is 0 Å². The molecule has 0 fully saturated rings. The molecule has 0 nitrogen and oxygen atoms in total. The minimum absolute atomic E-state index is 1.05. The highest BCUT2D eigenvalue weighted by atomic mass is 14.4. The molecule has 0 heteroatoms. The Hall–Kier alpha value is -3.90. The SMILES string of the molecule is C1=Cc2cc(C3=C4C(=C(c5ccccc5)c5ccccc54)c4ccccc43)ccc2C1. The first-order valence-electron chi connectivity index (χ1n) is 10.9. The molecule has 0 aromatic heterocycles. The summed E-state index contributed by atoms with van der Waals surface area (Å²) in [7, 11) is 0. The van der Waals surface area contributed by atoms with Gasteiger partial charge in [-0.15, -0.1) is 0 Å². The molecule has 0 atom stereocenters. The number of benzene rings is 4. The lowest BCUT2D eigenvalue weighted by Gasteiger charge is -2.12. The Balaban J connectivity index is 1.61. The molecule has 0 radical (unpaired) electrons. The van der Waals surface area contributed by atoms with Crippen LogP contribution in [0.5, 0.6) is 0 Å². The molecule has 0 N–H and O–H groups in total. The standard InChI is InChI=1S/C31H20/c1-2-9-21(10-3-1)28-24-13-4-6-15-26(24)31-29(25-14-5-7-16-27(25)30(28)31)23-18-17-20-11-8-12-22(20)19-23/h1-10,12-19H,11H2. The van der Waals surface area contributed by atoms with Crippen LogP contribution in [0.4, 0.5) is 0 Å². The van der Waals surface area contributed by atoms with Crippen molar-refractivity contribution >= 4 is 28.4 Å². The van der Waals surface area contributed by atoms with Gasteiger partial charge in [0.2, 0.25) is 0 Å². The highest BCUT2D eigenvalue weighted by molar-refractivity contribution is 6.35. The summed E-state index contributed by atoms with van der Waals surface area (Å²) in [4.78, 5) is 0. The Bertz CT molecular complexity index is 1480. The predicted molar refractivity (Wildman–Crippen MR) is 130 cm³/mol.